The van der Waals surface area contributed by atoms with Crippen LogP contribution in [0.25, 0.3) is 0 Å². The average Bonchev–Trinajstić information content (AvgIpc) is 3.82. The Morgan fingerprint density at radius 1 is 0.571 bits per heavy atom. The zero-order valence-electron chi connectivity index (χ0n) is 45.4. The second kappa shape index (κ2) is 21.6. The molecule has 9 aliphatic rings. The molecule has 4 saturated heterocycles. The Bertz CT molecular complexity index is 2160. The number of fused-ring (bicyclic) bond motifs is 7. The maximum Gasteiger partial charge on any atom is 0.337 e. The van der Waals surface area contributed by atoms with Crippen LogP contribution in [0.4, 0.5) is 0 Å². The summed E-state index contributed by atoms with van der Waals surface area (Å²) < 4.78 is 53.5. The molecule has 0 aromatic rings. The van der Waals surface area contributed by atoms with Crippen LogP contribution < -0.4 is 0 Å². The number of hydrogen-bond acceptors (Lipinski definition) is 23. The lowest BCUT2D eigenvalue weighted by molar-refractivity contribution is -0.383. The summed E-state index contributed by atoms with van der Waals surface area (Å²) in [7, 11) is 1.08. The molecule has 0 amide bonds. The fourth-order valence-electron chi connectivity index (χ4n) is 16.4. The molecule has 0 spiro atoms. The van der Waals surface area contributed by atoms with Gasteiger partial charge in [-0.25, -0.2) is 4.79 Å². The van der Waals surface area contributed by atoms with Crippen LogP contribution in [0.2, 0.25) is 0 Å². The lowest BCUT2D eigenvalue weighted by Gasteiger charge is -2.71. The Kier molecular flexibility index (Phi) is 16.7. The first-order chi connectivity index (χ1) is 36.1. The van der Waals surface area contributed by atoms with E-state index in [-0.39, 0.29) is 39.4 Å². The van der Waals surface area contributed by atoms with E-state index in [1.807, 2.05) is 0 Å². The van der Waals surface area contributed by atoms with Crippen molar-refractivity contribution in [3.8, 4) is 0 Å². The van der Waals surface area contributed by atoms with Gasteiger partial charge in [0.1, 0.15) is 85.5 Å². The third kappa shape index (κ3) is 9.66. The smallest absolute Gasteiger partial charge is 0.337 e. The summed E-state index contributed by atoms with van der Waals surface area (Å²) >= 11 is 0. The van der Waals surface area contributed by atoms with Gasteiger partial charge in [0.15, 0.2) is 25.0 Å². The molecule has 0 radical (unpaired) electrons. The van der Waals surface area contributed by atoms with Gasteiger partial charge in [-0.05, 0) is 109 Å². The second-order valence-electron chi connectivity index (χ2n) is 26.0. The number of hydrogen-bond donors (Lipinski definition) is 12. The second-order valence-corrected chi connectivity index (χ2v) is 26.0. The third-order valence-corrected chi connectivity index (χ3v) is 21.2. The first-order valence-electron chi connectivity index (χ1n) is 27.6. The van der Waals surface area contributed by atoms with E-state index in [1.165, 1.54) is 5.57 Å². The van der Waals surface area contributed by atoms with Crippen molar-refractivity contribution in [2.75, 3.05) is 26.9 Å². The Morgan fingerprint density at radius 3 is 1.69 bits per heavy atom. The number of methoxy groups -OCH3 is 1. The van der Waals surface area contributed by atoms with Crippen LogP contribution in [0.3, 0.4) is 0 Å². The molecular formula is C54H86O23. The van der Waals surface area contributed by atoms with Gasteiger partial charge in [-0.3, -0.25) is 4.79 Å². The van der Waals surface area contributed by atoms with Crippen molar-refractivity contribution in [2.24, 2.45) is 50.2 Å². The first-order valence-corrected chi connectivity index (χ1v) is 27.6. The van der Waals surface area contributed by atoms with E-state index < -0.39 is 165 Å². The highest BCUT2D eigenvalue weighted by Crippen LogP contribution is 2.76. The molecule has 23 heteroatoms. The van der Waals surface area contributed by atoms with Gasteiger partial charge in [0.05, 0.1) is 38.4 Å². The van der Waals surface area contributed by atoms with Crippen molar-refractivity contribution in [3.63, 3.8) is 0 Å². The molecular weight excluding hydrogens is 1020 g/mol. The molecule has 440 valence electrons. The molecule has 4 aliphatic heterocycles. The normalized spacial score (nSPS) is 52.2. The quantitative estimate of drug-likeness (QED) is 0.0619. The van der Waals surface area contributed by atoms with E-state index in [9.17, 15) is 70.9 Å². The molecule has 0 aromatic carbocycles. The predicted octanol–water partition coefficient (Wildman–Crippen LogP) is -1.22. The van der Waals surface area contributed by atoms with E-state index in [2.05, 4.69) is 54.5 Å². The van der Waals surface area contributed by atoms with Gasteiger partial charge in [0, 0.05) is 0 Å². The number of carbonyl (C=O) groups excluding carboxylic acids is 2. The highest BCUT2D eigenvalue weighted by molar-refractivity contribution is 5.79. The standard InChI is InChI=1S/C54H86O23/c1-49(2)15-17-54(48(68)77-46-38(65)35(62)32(59)26(21-56)72-46)18-16-52(6)23(24(54)19-49)9-10-29-51(5)13-12-30(50(3,4)28(51)11-14-53(29,52)7)73-47-41(75-45-37(64)34(61)31(58)25(20-55)70-45)39(66)40(42(76-47)43(67)69-8)74-44-36(63)33(60)27(22-57)71-44/h9,24-42,44-47,55-66H,10-22H2,1-8H3/t24-,25+,26+,27+,28-,29+,30-,31+,32+,33+,34-,35-,36-,37+,38+,39-,40-,41+,42-,44+,45-,46-,47+,51-,52+,53+,54-/m0/s1. The van der Waals surface area contributed by atoms with E-state index >= 15 is 0 Å². The molecule has 4 saturated carbocycles. The summed E-state index contributed by atoms with van der Waals surface area (Å²) in [6.07, 6.45) is -23.3. The van der Waals surface area contributed by atoms with Gasteiger partial charge in [0.25, 0.3) is 0 Å². The Labute approximate surface area is 448 Å². The number of esters is 2. The van der Waals surface area contributed by atoms with Crippen molar-refractivity contribution in [1.29, 1.82) is 0 Å². The Hall–Kier alpha value is -2.08. The maximum absolute atomic E-state index is 14.8. The molecule has 12 N–H and O–H groups in total. The van der Waals surface area contributed by atoms with Gasteiger partial charge in [0.2, 0.25) is 6.29 Å². The van der Waals surface area contributed by atoms with Gasteiger partial charge in [-0.15, -0.1) is 0 Å². The van der Waals surface area contributed by atoms with Gasteiger partial charge in [-0.1, -0.05) is 60.1 Å². The Balaban J connectivity index is 0.990. The lowest BCUT2D eigenvalue weighted by Crippen LogP contribution is -2.68. The molecule has 23 nitrogen and oxygen atoms in total. The van der Waals surface area contributed by atoms with Crippen LogP contribution in [0.15, 0.2) is 11.6 Å². The minimum atomic E-state index is -1.94. The number of aliphatic hydroxyl groups is 12. The SMILES string of the molecule is COC(=O)[C@H]1O[C@@H](O[C@H]2CC[C@]3(C)[C@H]4CC=C5[C@@H]6CC(C)(C)CC[C@]6(C(=O)O[C@@H]6O[C@H](CO)[C@@H](O)[C@H](O)[C@H]6O)CC[C@@]5(C)[C@]4(C)CC[C@H]3C2(C)C)[C@H](O[C@@H]2O[C@H](CO)[C@@H](O)[C@H](O)[C@H]2O)[C@@H](O)[C@@H]1O[C@H]1O[C@H](CO)[C@@H](O)[C@@H]1O. The topological polar surface area (TPSA) is 360 Å². The van der Waals surface area contributed by atoms with Crippen molar-refractivity contribution in [1.82, 2.24) is 0 Å². The Morgan fingerprint density at radius 2 is 1.10 bits per heavy atom. The van der Waals surface area contributed by atoms with Crippen LogP contribution >= 0.6 is 0 Å². The molecule has 5 aliphatic carbocycles. The molecule has 0 aromatic heterocycles. The molecule has 4 heterocycles. The van der Waals surface area contributed by atoms with Crippen LogP contribution in [0.5, 0.6) is 0 Å². The summed E-state index contributed by atoms with van der Waals surface area (Å²) in [6.45, 7) is 13.6. The number of aliphatic hydroxyl groups excluding tert-OH is 12. The van der Waals surface area contributed by atoms with E-state index in [4.69, 9.17) is 42.6 Å². The fraction of sp³-hybridized carbons (Fsp3) is 0.926. The van der Waals surface area contributed by atoms with E-state index in [1.54, 1.807) is 0 Å². The average molecular weight is 1100 g/mol. The minimum Gasteiger partial charge on any atom is -0.467 e. The monoisotopic (exact) mass is 1100 g/mol. The van der Waals surface area contributed by atoms with Crippen molar-refractivity contribution < 1.29 is 113 Å². The van der Waals surface area contributed by atoms with E-state index in [0.29, 0.717) is 32.1 Å². The van der Waals surface area contributed by atoms with E-state index in [0.717, 1.165) is 39.2 Å². The van der Waals surface area contributed by atoms with Crippen LogP contribution in [-0.2, 0) is 52.2 Å². The molecule has 8 fully saturated rings. The largest absolute Gasteiger partial charge is 0.467 e. The molecule has 0 bridgehead atoms. The summed E-state index contributed by atoms with van der Waals surface area (Å²) in [5, 5.41) is 128. The lowest BCUT2D eigenvalue weighted by atomic mass is 9.33. The van der Waals surface area contributed by atoms with Crippen LogP contribution in [0, 0.1) is 50.2 Å². The zero-order valence-corrected chi connectivity index (χ0v) is 45.4. The maximum atomic E-state index is 14.8. The molecule has 77 heavy (non-hydrogen) atoms. The molecule has 27 atom stereocenters. The van der Waals surface area contributed by atoms with Gasteiger partial charge < -0.3 is 104 Å². The summed E-state index contributed by atoms with van der Waals surface area (Å²) in [6, 6.07) is 0. The molecule has 9 rings (SSSR count). The summed E-state index contributed by atoms with van der Waals surface area (Å²) in [5.41, 5.74) is -1.30. The predicted molar refractivity (Wildman–Crippen MR) is 262 cm³/mol. The van der Waals surface area contributed by atoms with Crippen LogP contribution in [-0.4, -0.2) is 223 Å². The number of carbonyl (C=O) groups is 2. The summed E-state index contributed by atoms with van der Waals surface area (Å²) in [4.78, 5) is 28.4. The first kappa shape index (κ1) is 59.5. The van der Waals surface area contributed by atoms with Crippen molar-refractivity contribution in [3.05, 3.63) is 11.6 Å². The van der Waals surface area contributed by atoms with Gasteiger partial charge in [-0.2, -0.15) is 0 Å². The summed E-state index contributed by atoms with van der Waals surface area (Å²) in [5.74, 6) is -1.55. The minimum absolute atomic E-state index is 0.0351. The number of ether oxygens (including phenoxy) is 9. The number of rotatable bonds is 12. The van der Waals surface area contributed by atoms with Crippen LogP contribution in [0.1, 0.15) is 113 Å². The highest BCUT2D eigenvalue weighted by atomic mass is 16.8. The molecule has 0 unspecified atom stereocenters. The highest BCUT2D eigenvalue weighted by Gasteiger charge is 2.70. The van der Waals surface area contributed by atoms with Crippen molar-refractivity contribution >= 4 is 11.9 Å². The third-order valence-electron chi connectivity index (χ3n) is 21.2. The van der Waals surface area contributed by atoms with Crippen molar-refractivity contribution in [2.45, 2.75) is 235 Å². The number of allylic oxidation sites excluding steroid dienone is 2. The van der Waals surface area contributed by atoms with Gasteiger partial charge >= 0.3 is 11.9 Å². The fourth-order valence-corrected chi connectivity index (χ4v) is 16.4. The zero-order chi connectivity index (χ0) is 56.3.